The fraction of sp³-hybridized carbons (Fsp3) is 0.480. The predicted octanol–water partition coefficient (Wildman–Crippen LogP) is 3.69. The van der Waals surface area contributed by atoms with E-state index in [9.17, 15) is 0 Å². The van der Waals surface area contributed by atoms with Gasteiger partial charge in [0.05, 0.1) is 13.2 Å². The minimum Gasteiger partial charge on any atom is -0.381 e. The van der Waals surface area contributed by atoms with Gasteiger partial charge in [-0.05, 0) is 36.5 Å². The van der Waals surface area contributed by atoms with E-state index in [1.807, 2.05) is 7.05 Å². The SMILES string of the molecule is CN=C(NCC1(c2ccccc2)CCOCC1)N1CCOC(c2ccccc2C)C1. The molecule has 2 saturated heterocycles. The van der Waals surface area contributed by atoms with Gasteiger partial charge in [-0.15, -0.1) is 0 Å². The summed E-state index contributed by atoms with van der Waals surface area (Å²) in [6.07, 6.45) is 2.12. The van der Waals surface area contributed by atoms with Gasteiger partial charge in [0.15, 0.2) is 5.96 Å². The molecule has 2 heterocycles. The maximum Gasteiger partial charge on any atom is 0.193 e. The molecule has 0 bridgehead atoms. The van der Waals surface area contributed by atoms with Crippen molar-refractivity contribution in [1.29, 1.82) is 0 Å². The lowest BCUT2D eigenvalue weighted by Crippen LogP contribution is -2.52. The highest BCUT2D eigenvalue weighted by molar-refractivity contribution is 5.80. The molecule has 0 saturated carbocycles. The molecule has 0 spiro atoms. The zero-order valence-corrected chi connectivity index (χ0v) is 18.1. The Morgan fingerprint density at radius 2 is 1.80 bits per heavy atom. The van der Waals surface area contributed by atoms with Crippen molar-refractivity contribution in [2.24, 2.45) is 4.99 Å². The number of aryl methyl sites for hydroxylation is 1. The van der Waals surface area contributed by atoms with Crippen LogP contribution in [-0.4, -0.2) is 57.4 Å². The fourth-order valence-corrected chi connectivity index (χ4v) is 4.68. The highest BCUT2D eigenvalue weighted by atomic mass is 16.5. The normalized spacial score (nSPS) is 22.0. The van der Waals surface area contributed by atoms with E-state index < -0.39 is 0 Å². The van der Waals surface area contributed by atoms with Crippen molar-refractivity contribution < 1.29 is 9.47 Å². The molecule has 5 heteroatoms. The first-order valence-electron chi connectivity index (χ1n) is 11.0. The van der Waals surface area contributed by atoms with Crippen molar-refractivity contribution in [3.05, 3.63) is 71.3 Å². The van der Waals surface area contributed by atoms with Crippen LogP contribution in [0.3, 0.4) is 0 Å². The topological polar surface area (TPSA) is 46.1 Å². The Balaban J connectivity index is 1.47. The Bertz CT molecular complexity index is 846. The van der Waals surface area contributed by atoms with E-state index in [2.05, 4.69) is 76.7 Å². The summed E-state index contributed by atoms with van der Waals surface area (Å²) in [7, 11) is 1.87. The average molecular weight is 408 g/mol. The Morgan fingerprint density at radius 1 is 1.07 bits per heavy atom. The van der Waals surface area contributed by atoms with Gasteiger partial charge in [-0.1, -0.05) is 54.6 Å². The third-order valence-corrected chi connectivity index (χ3v) is 6.53. The fourth-order valence-electron chi connectivity index (χ4n) is 4.68. The molecular formula is C25H33N3O2. The van der Waals surface area contributed by atoms with Gasteiger partial charge in [0.2, 0.25) is 0 Å². The molecular weight excluding hydrogens is 374 g/mol. The zero-order chi connectivity index (χ0) is 20.8. The highest BCUT2D eigenvalue weighted by Crippen LogP contribution is 2.34. The smallest absolute Gasteiger partial charge is 0.193 e. The molecule has 2 aromatic carbocycles. The van der Waals surface area contributed by atoms with Crippen LogP contribution >= 0.6 is 0 Å². The van der Waals surface area contributed by atoms with E-state index in [4.69, 9.17) is 9.47 Å². The molecule has 1 atom stereocenters. The monoisotopic (exact) mass is 407 g/mol. The van der Waals surface area contributed by atoms with E-state index in [0.717, 1.165) is 51.6 Å². The molecule has 4 rings (SSSR count). The van der Waals surface area contributed by atoms with Crippen LogP contribution in [0.5, 0.6) is 0 Å². The van der Waals surface area contributed by atoms with Gasteiger partial charge >= 0.3 is 0 Å². The maximum atomic E-state index is 6.11. The number of hydrogen-bond acceptors (Lipinski definition) is 3. The minimum atomic E-state index is 0.0738. The summed E-state index contributed by atoms with van der Waals surface area (Å²) in [5.41, 5.74) is 4.01. The van der Waals surface area contributed by atoms with Crippen molar-refractivity contribution in [3.63, 3.8) is 0 Å². The summed E-state index contributed by atoms with van der Waals surface area (Å²) in [5.74, 6) is 0.957. The van der Waals surface area contributed by atoms with Gasteiger partial charge in [-0.3, -0.25) is 4.99 Å². The number of morpholine rings is 1. The quantitative estimate of drug-likeness (QED) is 0.620. The summed E-state index contributed by atoms with van der Waals surface area (Å²) >= 11 is 0. The maximum absolute atomic E-state index is 6.11. The predicted molar refractivity (Wildman–Crippen MR) is 121 cm³/mol. The van der Waals surface area contributed by atoms with E-state index in [1.165, 1.54) is 16.7 Å². The Morgan fingerprint density at radius 3 is 2.53 bits per heavy atom. The largest absolute Gasteiger partial charge is 0.381 e. The Hall–Kier alpha value is -2.37. The molecule has 0 radical (unpaired) electrons. The number of nitrogens with zero attached hydrogens (tertiary/aromatic N) is 2. The Kier molecular flexibility index (Phi) is 6.70. The molecule has 2 aliphatic heterocycles. The van der Waals surface area contributed by atoms with Crippen LogP contribution in [0.15, 0.2) is 59.6 Å². The molecule has 1 N–H and O–H groups in total. The summed E-state index contributed by atoms with van der Waals surface area (Å²) in [6, 6.07) is 19.3. The van der Waals surface area contributed by atoms with Crippen LogP contribution in [0, 0.1) is 6.92 Å². The second-order valence-corrected chi connectivity index (χ2v) is 8.32. The molecule has 1 unspecified atom stereocenters. The first kappa shape index (κ1) is 20.9. The molecule has 0 amide bonds. The highest BCUT2D eigenvalue weighted by Gasteiger charge is 2.35. The van der Waals surface area contributed by atoms with E-state index in [-0.39, 0.29) is 11.5 Å². The van der Waals surface area contributed by atoms with Crippen LogP contribution in [-0.2, 0) is 14.9 Å². The summed E-state index contributed by atoms with van der Waals surface area (Å²) in [4.78, 5) is 6.95. The standard InChI is InChI=1S/C25H33N3O2/c1-20-8-6-7-11-22(20)23-18-28(14-17-30-23)24(26-2)27-19-25(12-15-29-16-13-25)21-9-4-3-5-10-21/h3-11,23H,12-19H2,1-2H3,(H,26,27). The number of aliphatic imine (C=N–C) groups is 1. The van der Waals surface area contributed by atoms with Crippen molar-refractivity contribution in [2.75, 3.05) is 46.5 Å². The lowest BCUT2D eigenvalue weighted by Gasteiger charge is -2.40. The molecule has 2 aliphatic rings. The van der Waals surface area contributed by atoms with Gasteiger partial charge in [-0.2, -0.15) is 0 Å². The van der Waals surface area contributed by atoms with E-state index in [0.29, 0.717) is 6.61 Å². The molecule has 30 heavy (non-hydrogen) atoms. The first-order valence-corrected chi connectivity index (χ1v) is 11.0. The number of benzene rings is 2. The second kappa shape index (κ2) is 9.63. The lowest BCUT2D eigenvalue weighted by atomic mass is 9.74. The third kappa shape index (κ3) is 4.52. The van der Waals surface area contributed by atoms with Crippen molar-refractivity contribution in [1.82, 2.24) is 10.2 Å². The summed E-state index contributed by atoms with van der Waals surface area (Å²) in [6.45, 7) is 7.00. The summed E-state index contributed by atoms with van der Waals surface area (Å²) < 4.78 is 11.8. The zero-order valence-electron chi connectivity index (χ0n) is 18.1. The minimum absolute atomic E-state index is 0.0738. The van der Waals surface area contributed by atoms with Crippen molar-refractivity contribution >= 4 is 5.96 Å². The van der Waals surface area contributed by atoms with Crippen LogP contribution in [0.2, 0.25) is 0 Å². The molecule has 0 aliphatic carbocycles. The number of nitrogens with one attached hydrogen (secondary N) is 1. The number of ether oxygens (including phenoxy) is 2. The Labute approximate surface area is 180 Å². The molecule has 5 nitrogen and oxygen atoms in total. The molecule has 2 aromatic rings. The number of hydrogen-bond donors (Lipinski definition) is 1. The van der Waals surface area contributed by atoms with E-state index >= 15 is 0 Å². The van der Waals surface area contributed by atoms with Crippen LogP contribution in [0.25, 0.3) is 0 Å². The van der Waals surface area contributed by atoms with Crippen molar-refractivity contribution in [3.8, 4) is 0 Å². The van der Waals surface area contributed by atoms with E-state index in [1.54, 1.807) is 0 Å². The summed E-state index contributed by atoms with van der Waals surface area (Å²) in [5, 5.41) is 3.70. The second-order valence-electron chi connectivity index (χ2n) is 8.32. The lowest BCUT2D eigenvalue weighted by molar-refractivity contribution is -0.00863. The van der Waals surface area contributed by atoms with Crippen LogP contribution in [0.4, 0.5) is 0 Å². The van der Waals surface area contributed by atoms with Crippen LogP contribution in [0.1, 0.15) is 35.6 Å². The van der Waals surface area contributed by atoms with Gasteiger partial charge < -0.3 is 19.7 Å². The molecule has 0 aromatic heterocycles. The van der Waals surface area contributed by atoms with Gasteiger partial charge in [0.1, 0.15) is 6.10 Å². The van der Waals surface area contributed by atoms with Gasteiger partial charge in [-0.25, -0.2) is 0 Å². The van der Waals surface area contributed by atoms with Gasteiger partial charge in [0.25, 0.3) is 0 Å². The number of rotatable bonds is 4. The number of guanidine groups is 1. The first-order chi connectivity index (χ1) is 14.7. The van der Waals surface area contributed by atoms with Crippen LogP contribution < -0.4 is 5.32 Å². The molecule has 2 fully saturated rings. The third-order valence-electron chi connectivity index (χ3n) is 6.53. The molecule has 160 valence electrons. The average Bonchev–Trinajstić information content (AvgIpc) is 2.81. The van der Waals surface area contributed by atoms with Crippen molar-refractivity contribution in [2.45, 2.75) is 31.3 Å². The van der Waals surface area contributed by atoms with Gasteiger partial charge in [0, 0.05) is 38.8 Å².